The lowest BCUT2D eigenvalue weighted by molar-refractivity contribution is 0.0863. The van der Waals surface area contributed by atoms with Crippen LogP contribution in [-0.4, -0.2) is 43.0 Å². The van der Waals surface area contributed by atoms with Crippen molar-refractivity contribution in [2.45, 2.75) is 19.5 Å². The number of hydrogen-bond donors (Lipinski definition) is 1. The highest BCUT2D eigenvalue weighted by Gasteiger charge is 2.23. The Morgan fingerprint density at radius 1 is 1.15 bits per heavy atom. The van der Waals surface area contributed by atoms with Crippen LogP contribution in [0.2, 0.25) is 0 Å². The molecule has 0 saturated heterocycles. The summed E-state index contributed by atoms with van der Waals surface area (Å²) in [6.45, 7) is 2.53. The minimum Gasteiger partial charge on any atom is -0.497 e. The number of nitrogens with one attached hydrogen (secondary N) is 1. The molecule has 136 valence electrons. The third-order valence-corrected chi connectivity index (χ3v) is 4.81. The van der Waals surface area contributed by atoms with Gasteiger partial charge in [-0.3, -0.25) is 9.69 Å². The summed E-state index contributed by atoms with van der Waals surface area (Å²) in [5.74, 6) is 1.59. The van der Waals surface area contributed by atoms with Crippen LogP contribution in [0, 0.1) is 0 Å². The SMILES string of the molecule is COc1ccc(CN(C)[C@@H](C)C(=O)c2c[nH]c3ccccc23)c(OC)c1. The maximum atomic E-state index is 13.0. The first kappa shape index (κ1) is 18.0. The zero-order valence-electron chi connectivity index (χ0n) is 15.6. The molecule has 1 heterocycles. The van der Waals surface area contributed by atoms with Gasteiger partial charge in [-0.05, 0) is 26.1 Å². The van der Waals surface area contributed by atoms with Crippen molar-refractivity contribution in [3.8, 4) is 11.5 Å². The number of fused-ring (bicyclic) bond motifs is 1. The number of likely N-dealkylation sites (N-methyl/N-ethyl adjacent to an activating group) is 1. The number of carbonyl (C=O) groups is 1. The molecule has 26 heavy (non-hydrogen) atoms. The van der Waals surface area contributed by atoms with E-state index in [4.69, 9.17) is 9.47 Å². The molecule has 0 spiro atoms. The average molecular weight is 352 g/mol. The first-order valence-electron chi connectivity index (χ1n) is 8.56. The Hall–Kier alpha value is -2.79. The highest BCUT2D eigenvalue weighted by Crippen LogP contribution is 2.27. The number of rotatable bonds is 7. The van der Waals surface area contributed by atoms with Gasteiger partial charge in [0.2, 0.25) is 0 Å². The van der Waals surface area contributed by atoms with E-state index in [1.807, 2.05) is 61.3 Å². The summed E-state index contributed by atoms with van der Waals surface area (Å²) in [5.41, 5.74) is 2.71. The van der Waals surface area contributed by atoms with E-state index in [0.717, 1.165) is 33.5 Å². The molecule has 3 rings (SSSR count). The molecule has 0 amide bonds. The van der Waals surface area contributed by atoms with Gasteiger partial charge >= 0.3 is 0 Å². The number of aromatic nitrogens is 1. The van der Waals surface area contributed by atoms with Gasteiger partial charge in [-0.2, -0.15) is 0 Å². The van der Waals surface area contributed by atoms with Crippen molar-refractivity contribution in [2.24, 2.45) is 0 Å². The fourth-order valence-corrected chi connectivity index (χ4v) is 3.09. The van der Waals surface area contributed by atoms with Crippen molar-refractivity contribution < 1.29 is 14.3 Å². The smallest absolute Gasteiger partial charge is 0.181 e. The van der Waals surface area contributed by atoms with Crippen LogP contribution in [0.15, 0.2) is 48.7 Å². The highest BCUT2D eigenvalue weighted by molar-refractivity contribution is 6.10. The summed E-state index contributed by atoms with van der Waals surface area (Å²) >= 11 is 0. The van der Waals surface area contributed by atoms with Crippen molar-refractivity contribution in [3.05, 3.63) is 59.8 Å². The second-order valence-electron chi connectivity index (χ2n) is 6.38. The largest absolute Gasteiger partial charge is 0.497 e. The van der Waals surface area contributed by atoms with E-state index in [9.17, 15) is 4.79 Å². The molecule has 0 saturated carbocycles. The lowest BCUT2D eigenvalue weighted by Crippen LogP contribution is -2.35. The maximum absolute atomic E-state index is 13.0. The molecule has 0 bridgehead atoms. The number of H-pyrrole nitrogens is 1. The number of carbonyl (C=O) groups excluding carboxylic acids is 1. The number of ether oxygens (including phenoxy) is 2. The molecule has 0 fully saturated rings. The lowest BCUT2D eigenvalue weighted by Gasteiger charge is -2.24. The molecule has 0 unspecified atom stereocenters. The summed E-state index contributed by atoms with van der Waals surface area (Å²) in [6.07, 6.45) is 1.80. The summed E-state index contributed by atoms with van der Waals surface area (Å²) in [6, 6.07) is 13.3. The zero-order chi connectivity index (χ0) is 18.7. The quantitative estimate of drug-likeness (QED) is 0.656. The van der Waals surface area contributed by atoms with Gasteiger partial charge in [0.05, 0.1) is 20.3 Å². The van der Waals surface area contributed by atoms with Crippen LogP contribution < -0.4 is 9.47 Å². The predicted octanol–water partition coefficient (Wildman–Crippen LogP) is 3.89. The van der Waals surface area contributed by atoms with Gasteiger partial charge in [-0.25, -0.2) is 0 Å². The Balaban J connectivity index is 1.79. The van der Waals surface area contributed by atoms with Gasteiger partial charge in [0.15, 0.2) is 5.78 Å². The molecule has 0 aliphatic heterocycles. The number of ketones is 1. The number of Topliss-reactive ketones (excluding diaryl/α,β-unsaturated/α-hetero) is 1. The Morgan fingerprint density at radius 3 is 2.65 bits per heavy atom. The first-order chi connectivity index (χ1) is 12.5. The molecule has 3 aromatic rings. The zero-order valence-corrected chi connectivity index (χ0v) is 15.6. The topological polar surface area (TPSA) is 54.6 Å². The normalized spacial score (nSPS) is 12.3. The molecule has 1 aromatic heterocycles. The summed E-state index contributed by atoms with van der Waals surface area (Å²) in [5, 5.41) is 0.958. The number of hydrogen-bond acceptors (Lipinski definition) is 4. The van der Waals surface area contributed by atoms with Gasteiger partial charge in [0, 0.05) is 40.8 Å². The van der Waals surface area contributed by atoms with E-state index in [0.29, 0.717) is 6.54 Å². The van der Waals surface area contributed by atoms with Crippen molar-refractivity contribution in [3.63, 3.8) is 0 Å². The molecule has 5 heteroatoms. The Labute approximate surface area is 153 Å². The van der Waals surface area contributed by atoms with E-state index in [-0.39, 0.29) is 11.8 Å². The molecule has 1 N–H and O–H groups in total. The fraction of sp³-hybridized carbons (Fsp3) is 0.286. The third-order valence-electron chi connectivity index (χ3n) is 4.81. The Bertz CT molecular complexity index is 917. The molecule has 0 radical (unpaired) electrons. The monoisotopic (exact) mass is 352 g/mol. The molecule has 2 aromatic carbocycles. The Kier molecular flexibility index (Phi) is 5.28. The standard InChI is InChI=1S/C21H24N2O3/c1-14(21(24)18-12-22-19-8-6-5-7-17(18)19)23(2)13-15-9-10-16(25-3)11-20(15)26-4/h5-12,14,22H,13H2,1-4H3/t14-/m0/s1. The van der Waals surface area contributed by atoms with E-state index in [1.165, 1.54) is 0 Å². The van der Waals surface area contributed by atoms with Crippen LogP contribution in [0.5, 0.6) is 11.5 Å². The van der Waals surface area contributed by atoms with E-state index in [2.05, 4.69) is 4.98 Å². The van der Waals surface area contributed by atoms with Crippen molar-refractivity contribution in [2.75, 3.05) is 21.3 Å². The summed E-state index contributed by atoms with van der Waals surface area (Å²) in [7, 11) is 5.21. The minimum absolute atomic E-state index is 0.0948. The van der Waals surface area contributed by atoms with Crippen LogP contribution in [0.1, 0.15) is 22.8 Å². The van der Waals surface area contributed by atoms with Crippen LogP contribution >= 0.6 is 0 Å². The molecule has 5 nitrogen and oxygen atoms in total. The van der Waals surface area contributed by atoms with Gasteiger partial charge in [0.25, 0.3) is 0 Å². The van der Waals surface area contributed by atoms with Crippen LogP contribution in [0.4, 0.5) is 0 Å². The first-order valence-corrected chi connectivity index (χ1v) is 8.56. The van der Waals surface area contributed by atoms with Gasteiger partial charge in [-0.15, -0.1) is 0 Å². The van der Waals surface area contributed by atoms with Gasteiger partial charge in [0.1, 0.15) is 11.5 Å². The maximum Gasteiger partial charge on any atom is 0.181 e. The second kappa shape index (κ2) is 7.62. The summed E-state index contributed by atoms with van der Waals surface area (Å²) < 4.78 is 10.7. The lowest BCUT2D eigenvalue weighted by atomic mass is 10.0. The van der Waals surface area contributed by atoms with Crippen molar-refractivity contribution in [1.29, 1.82) is 0 Å². The number of aromatic amines is 1. The van der Waals surface area contributed by atoms with E-state index >= 15 is 0 Å². The van der Waals surface area contributed by atoms with Crippen molar-refractivity contribution >= 4 is 16.7 Å². The average Bonchev–Trinajstić information content (AvgIpc) is 3.11. The minimum atomic E-state index is -0.263. The second-order valence-corrected chi connectivity index (χ2v) is 6.38. The Morgan fingerprint density at radius 2 is 1.92 bits per heavy atom. The van der Waals surface area contributed by atoms with Crippen LogP contribution in [0.3, 0.4) is 0 Å². The van der Waals surface area contributed by atoms with Crippen molar-refractivity contribution in [1.82, 2.24) is 9.88 Å². The molecular formula is C21H24N2O3. The number of para-hydroxylation sites is 1. The van der Waals surface area contributed by atoms with Crippen LogP contribution in [0.25, 0.3) is 10.9 Å². The number of methoxy groups -OCH3 is 2. The fourth-order valence-electron chi connectivity index (χ4n) is 3.09. The highest BCUT2D eigenvalue weighted by atomic mass is 16.5. The van der Waals surface area contributed by atoms with Gasteiger partial charge in [-0.1, -0.05) is 24.3 Å². The van der Waals surface area contributed by atoms with E-state index < -0.39 is 0 Å². The molecule has 1 atom stereocenters. The number of benzene rings is 2. The van der Waals surface area contributed by atoms with Crippen LogP contribution in [-0.2, 0) is 6.54 Å². The van der Waals surface area contributed by atoms with E-state index in [1.54, 1.807) is 20.4 Å². The molecule has 0 aliphatic carbocycles. The molecule has 0 aliphatic rings. The third kappa shape index (κ3) is 3.44. The van der Waals surface area contributed by atoms with Gasteiger partial charge < -0.3 is 14.5 Å². The molecular weight excluding hydrogens is 328 g/mol. The summed E-state index contributed by atoms with van der Waals surface area (Å²) in [4.78, 5) is 18.2. The predicted molar refractivity (Wildman–Crippen MR) is 103 cm³/mol. The number of nitrogens with zero attached hydrogens (tertiary/aromatic N) is 1.